The summed E-state index contributed by atoms with van der Waals surface area (Å²) in [4.78, 5) is 12.4. The molecule has 1 unspecified atom stereocenters. The fourth-order valence-electron chi connectivity index (χ4n) is 2.94. The third-order valence-corrected chi connectivity index (χ3v) is 6.55. The second kappa shape index (κ2) is 10.5. The zero-order valence-electron chi connectivity index (χ0n) is 17.7. The standard InChI is InChI=1S/C21H23F3N2O6S/c1-15(31-14-21(22,23)24)20(27)25-18-13-17(33(28,29)26-9-11-30-12-10-26)7-8-19(18)32-16-5-3-2-4-6-16/h2-8,13,15H,9-12,14H2,1H3,(H,25,27). The number of nitrogens with zero attached hydrogens (tertiary/aromatic N) is 1. The van der Waals surface area contributed by atoms with Crippen LogP contribution in [0.2, 0.25) is 0 Å². The third-order valence-electron chi connectivity index (χ3n) is 4.65. The molecule has 1 N–H and O–H groups in total. The van der Waals surface area contributed by atoms with Gasteiger partial charge in [0.2, 0.25) is 10.0 Å². The van der Waals surface area contributed by atoms with Gasteiger partial charge in [0.1, 0.15) is 18.5 Å². The normalized spacial score (nSPS) is 16.2. The number of ether oxygens (including phenoxy) is 3. The molecule has 0 saturated carbocycles. The van der Waals surface area contributed by atoms with Gasteiger partial charge in [-0.25, -0.2) is 8.42 Å². The number of morpholine rings is 1. The lowest BCUT2D eigenvalue weighted by Crippen LogP contribution is -2.40. The van der Waals surface area contributed by atoms with Gasteiger partial charge in [0, 0.05) is 13.1 Å². The summed E-state index contributed by atoms with van der Waals surface area (Å²) >= 11 is 0. The van der Waals surface area contributed by atoms with Gasteiger partial charge in [-0.15, -0.1) is 0 Å². The Hall–Kier alpha value is -2.67. The molecule has 0 aliphatic carbocycles. The van der Waals surface area contributed by atoms with Gasteiger partial charge in [0.25, 0.3) is 5.91 Å². The molecule has 1 heterocycles. The molecule has 2 aromatic rings. The summed E-state index contributed by atoms with van der Waals surface area (Å²) in [5, 5.41) is 2.42. The zero-order chi connectivity index (χ0) is 24.1. The van der Waals surface area contributed by atoms with Gasteiger partial charge in [0.15, 0.2) is 5.75 Å². The van der Waals surface area contributed by atoms with Crippen molar-refractivity contribution in [2.45, 2.75) is 24.1 Å². The summed E-state index contributed by atoms with van der Waals surface area (Å²) in [6, 6.07) is 12.4. The highest BCUT2D eigenvalue weighted by Crippen LogP contribution is 2.33. The number of alkyl halides is 3. The van der Waals surface area contributed by atoms with Crippen LogP contribution >= 0.6 is 0 Å². The van der Waals surface area contributed by atoms with Crippen LogP contribution in [-0.4, -0.2) is 63.8 Å². The minimum atomic E-state index is -4.59. The first-order chi connectivity index (χ1) is 15.6. The molecule has 1 aliphatic heterocycles. The third kappa shape index (κ3) is 6.90. The Labute approximate surface area is 189 Å². The van der Waals surface area contributed by atoms with Gasteiger partial charge in [-0.2, -0.15) is 17.5 Å². The quantitative estimate of drug-likeness (QED) is 0.612. The Kier molecular flexibility index (Phi) is 7.95. The highest BCUT2D eigenvalue weighted by atomic mass is 32.2. The van der Waals surface area contributed by atoms with Crippen molar-refractivity contribution < 1.29 is 40.6 Å². The molecule has 2 aromatic carbocycles. The number of para-hydroxylation sites is 1. The Balaban J connectivity index is 1.88. The number of benzene rings is 2. The zero-order valence-corrected chi connectivity index (χ0v) is 18.5. The van der Waals surface area contributed by atoms with Crippen LogP contribution in [0.4, 0.5) is 18.9 Å². The average Bonchev–Trinajstić information content (AvgIpc) is 2.79. The Morgan fingerprint density at radius 2 is 1.82 bits per heavy atom. The first kappa shape index (κ1) is 25.0. The molecule has 0 bridgehead atoms. The summed E-state index contributed by atoms with van der Waals surface area (Å²) in [6.07, 6.45) is -6.04. The lowest BCUT2D eigenvalue weighted by atomic mass is 10.2. The average molecular weight is 488 g/mol. The first-order valence-corrected chi connectivity index (χ1v) is 11.4. The number of hydrogen-bond acceptors (Lipinski definition) is 6. The van der Waals surface area contributed by atoms with Gasteiger partial charge >= 0.3 is 6.18 Å². The summed E-state index contributed by atoms with van der Waals surface area (Å²) in [5.74, 6) is -0.366. The molecule has 1 atom stereocenters. The van der Waals surface area contributed by atoms with Crippen molar-refractivity contribution in [1.29, 1.82) is 0 Å². The van der Waals surface area contributed by atoms with Crippen LogP contribution in [0.5, 0.6) is 11.5 Å². The number of halogens is 3. The molecule has 180 valence electrons. The predicted octanol–water partition coefficient (Wildman–Crippen LogP) is 3.41. The number of carbonyl (C=O) groups excluding carboxylic acids is 1. The van der Waals surface area contributed by atoms with E-state index in [1.165, 1.54) is 22.5 Å². The maximum absolute atomic E-state index is 13.0. The molecule has 8 nitrogen and oxygen atoms in total. The molecule has 1 fully saturated rings. The highest BCUT2D eigenvalue weighted by molar-refractivity contribution is 7.89. The van der Waals surface area contributed by atoms with Crippen molar-refractivity contribution in [3.05, 3.63) is 48.5 Å². The van der Waals surface area contributed by atoms with Crippen molar-refractivity contribution >= 4 is 21.6 Å². The van der Waals surface area contributed by atoms with Crippen LogP contribution in [0, 0.1) is 0 Å². The van der Waals surface area contributed by atoms with E-state index in [1.807, 2.05) is 0 Å². The molecule has 1 saturated heterocycles. The van der Waals surface area contributed by atoms with E-state index in [2.05, 4.69) is 10.1 Å². The first-order valence-electron chi connectivity index (χ1n) is 10.0. The van der Waals surface area contributed by atoms with E-state index >= 15 is 0 Å². The molecule has 0 aromatic heterocycles. The molecule has 1 aliphatic rings. The van der Waals surface area contributed by atoms with Crippen LogP contribution in [0.3, 0.4) is 0 Å². The monoisotopic (exact) mass is 488 g/mol. The molecule has 12 heteroatoms. The van der Waals surface area contributed by atoms with Crippen LogP contribution in [-0.2, 0) is 24.3 Å². The molecule has 1 amide bonds. The Bertz CT molecular complexity index is 1060. The molecule has 3 rings (SSSR count). The summed E-state index contributed by atoms with van der Waals surface area (Å²) in [6.45, 7) is 0.426. The van der Waals surface area contributed by atoms with Crippen molar-refractivity contribution in [3.8, 4) is 11.5 Å². The van der Waals surface area contributed by atoms with E-state index < -0.39 is 34.8 Å². The van der Waals surface area contributed by atoms with Crippen LogP contribution in [0.1, 0.15) is 6.92 Å². The minimum absolute atomic E-state index is 0.0272. The van der Waals surface area contributed by atoms with E-state index in [0.717, 1.165) is 6.92 Å². The van der Waals surface area contributed by atoms with Gasteiger partial charge in [-0.1, -0.05) is 18.2 Å². The largest absolute Gasteiger partial charge is 0.455 e. The van der Waals surface area contributed by atoms with Gasteiger partial charge in [0.05, 0.1) is 23.8 Å². The van der Waals surface area contributed by atoms with Crippen molar-refractivity contribution in [2.24, 2.45) is 0 Å². The van der Waals surface area contributed by atoms with E-state index in [1.54, 1.807) is 30.3 Å². The topological polar surface area (TPSA) is 94.2 Å². The van der Waals surface area contributed by atoms with E-state index in [4.69, 9.17) is 9.47 Å². The maximum atomic E-state index is 13.0. The van der Waals surface area contributed by atoms with E-state index in [9.17, 15) is 26.4 Å². The SMILES string of the molecule is CC(OCC(F)(F)F)C(=O)Nc1cc(S(=O)(=O)N2CCOCC2)ccc1Oc1ccccc1. The smallest absolute Gasteiger partial charge is 0.411 e. The fraction of sp³-hybridized carbons (Fsp3) is 0.381. The van der Waals surface area contributed by atoms with Crippen molar-refractivity contribution in [2.75, 3.05) is 38.2 Å². The second-order valence-electron chi connectivity index (χ2n) is 7.15. The highest BCUT2D eigenvalue weighted by Gasteiger charge is 2.31. The van der Waals surface area contributed by atoms with E-state index in [-0.39, 0.29) is 42.6 Å². The summed E-state index contributed by atoms with van der Waals surface area (Å²) < 4.78 is 80.0. The number of sulfonamides is 1. The van der Waals surface area contributed by atoms with E-state index in [0.29, 0.717) is 5.75 Å². The molecule has 0 radical (unpaired) electrons. The number of nitrogens with one attached hydrogen (secondary N) is 1. The summed E-state index contributed by atoms with van der Waals surface area (Å²) in [7, 11) is -3.89. The van der Waals surface area contributed by atoms with Crippen LogP contribution in [0.15, 0.2) is 53.4 Å². The van der Waals surface area contributed by atoms with Crippen molar-refractivity contribution in [3.63, 3.8) is 0 Å². The lowest BCUT2D eigenvalue weighted by molar-refractivity contribution is -0.184. The van der Waals surface area contributed by atoms with Crippen LogP contribution < -0.4 is 10.1 Å². The van der Waals surface area contributed by atoms with Gasteiger partial charge in [-0.05, 0) is 37.3 Å². The molecule has 0 spiro atoms. The number of amides is 1. The fourth-order valence-corrected chi connectivity index (χ4v) is 4.37. The number of anilines is 1. The molecular formula is C21H23F3N2O6S. The van der Waals surface area contributed by atoms with Gasteiger partial charge in [-0.3, -0.25) is 4.79 Å². The Morgan fingerprint density at radius 1 is 1.15 bits per heavy atom. The molecule has 33 heavy (non-hydrogen) atoms. The lowest BCUT2D eigenvalue weighted by Gasteiger charge is -2.26. The number of rotatable bonds is 8. The maximum Gasteiger partial charge on any atom is 0.411 e. The second-order valence-corrected chi connectivity index (χ2v) is 9.09. The summed E-state index contributed by atoms with van der Waals surface area (Å²) in [5.41, 5.74) is -0.0272. The van der Waals surface area contributed by atoms with Crippen LogP contribution in [0.25, 0.3) is 0 Å². The van der Waals surface area contributed by atoms with Crippen molar-refractivity contribution in [1.82, 2.24) is 4.31 Å². The van der Waals surface area contributed by atoms with Gasteiger partial charge < -0.3 is 19.5 Å². The number of hydrogen-bond donors (Lipinski definition) is 1. The Morgan fingerprint density at radius 3 is 2.45 bits per heavy atom. The predicted molar refractivity (Wildman–Crippen MR) is 113 cm³/mol. The molecular weight excluding hydrogens is 465 g/mol. The number of carbonyl (C=O) groups is 1. The minimum Gasteiger partial charge on any atom is -0.455 e.